The molecule has 2 heterocycles. The van der Waals surface area contributed by atoms with E-state index in [1.165, 1.54) is 0 Å². The van der Waals surface area contributed by atoms with Crippen LogP contribution in [0.25, 0.3) is 0 Å². The van der Waals surface area contributed by atoms with E-state index in [0.717, 1.165) is 45.3 Å². The van der Waals surface area contributed by atoms with Crippen molar-refractivity contribution < 1.29 is 9.53 Å². The van der Waals surface area contributed by atoms with Crippen LogP contribution in [0.2, 0.25) is 0 Å². The standard InChI is InChI=1S/C12H22N2O2/c1-2-3-6-11-12(15)14(9-13-11)8-10-5-4-7-16-10/h10-11,13H,2-9H2,1H3. The first kappa shape index (κ1) is 11.9. The minimum Gasteiger partial charge on any atom is -0.376 e. The summed E-state index contributed by atoms with van der Waals surface area (Å²) in [4.78, 5) is 13.9. The summed E-state index contributed by atoms with van der Waals surface area (Å²) in [6.45, 7) is 4.49. The van der Waals surface area contributed by atoms with Gasteiger partial charge in [-0.25, -0.2) is 0 Å². The fraction of sp³-hybridized carbons (Fsp3) is 0.917. The average molecular weight is 226 g/mol. The Morgan fingerprint density at radius 2 is 2.44 bits per heavy atom. The first-order chi connectivity index (χ1) is 7.81. The third-order valence-electron chi connectivity index (χ3n) is 3.43. The number of unbranched alkanes of at least 4 members (excludes halogenated alkanes) is 1. The highest BCUT2D eigenvalue weighted by molar-refractivity contribution is 5.83. The Hall–Kier alpha value is -0.610. The van der Waals surface area contributed by atoms with Crippen molar-refractivity contribution >= 4 is 5.91 Å². The zero-order valence-corrected chi connectivity index (χ0v) is 10.1. The third kappa shape index (κ3) is 2.74. The molecule has 0 spiro atoms. The minimum atomic E-state index is 0.0568. The van der Waals surface area contributed by atoms with E-state index in [1.807, 2.05) is 4.90 Å². The lowest BCUT2D eigenvalue weighted by Gasteiger charge is -2.19. The summed E-state index contributed by atoms with van der Waals surface area (Å²) in [7, 11) is 0. The van der Waals surface area contributed by atoms with Crippen molar-refractivity contribution in [3.63, 3.8) is 0 Å². The Labute approximate surface area is 97.3 Å². The van der Waals surface area contributed by atoms with E-state index in [1.54, 1.807) is 0 Å². The Bertz CT molecular complexity index is 239. The lowest BCUT2D eigenvalue weighted by molar-refractivity contribution is -0.130. The number of carbonyl (C=O) groups is 1. The van der Waals surface area contributed by atoms with Gasteiger partial charge in [-0.15, -0.1) is 0 Å². The lowest BCUT2D eigenvalue weighted by atomic mass is 10.1. The second-order valence-electron chi connectivity index (χ2n) is 4.75. The summed E-state index contributed by atoms with van der Waals surface area (Å²) in [5, 5.41) is 3.29. The summed E-state index contributed by atoms with van der Waals surface area (Å²) < 4.78 is 5.56. The average Bonchev–Trinajstić information content (AvgIpc) is 2.89. The van der Waals surface area contributed by atoms with Crippen LogP contribution in [-0.4, -0.2) is 42.8 Å². The third-order valence-corrected chi connectivity index (χ3v) is 3.43. The van der Waals surface area contributed by atoms with Crippen LogP contribution in [0.3, 0.4) is 0 Å². The Morgan fingerprint density at radius 1 is 1.56 bits per heavy atom. The maximum Gasteiger partial charge on any atom is 0.240 e. The molecule has 4 heteroatoms. The Morgan fingerprint density at radius 3 is 3.12 bits per heavy atom. The van der Waals surface area contributed by atoms with Gasteiger partial charge in [0.25, 0.3) is 0 Å². The van der Waals surface area contributed by atoms with Gasteiger partial charge in [0, 0.05) is 13.2 Å². The largest absolute Gasteiger partial charge is 0.376 e. The van der Waals surface area contributed by atoms with Crippen molar-refractivity contribution in [1.29, 1.82) is 0 Å². The number of carbonyl (C=O) groups excluding carboxylic acids is 1. The van der Waals surface area contributed by atoms with E-state index in [-0.39, 0.29) is 18.1 Å². The number of ether oxygens (including phenoxy) is 1. The van der Waals surface area contributed by atoms with Crippen LogP contribution in [0.15, 0.2) is 0 Å². The maximum absolute atomic E-state index is 12.0. The van der Waals surface area contributed by atoms with Crippen molar-refractivity contribution in [3.05, 3.63) is 0 Å². The van der Waals surface area contributed by atoms with Crippen molar-refractivity contribution in [2.45, 2.75) is 51.2 Å². The summed E-state index contributed by atoms with van der Waals surface area (Å²) >= 11 is 0. The molecule has 2 aliphatic rings. The molecule has 2 rings (SSSR count). The monoisotopic (exact) mass is 226 g/mol. The van der Waals surface area contributed by atoms with Gasteiger partial charge in [-0.1, -0.05) is 19.8 Å². The molecule has 2 fully saturated rings. The Balaban J connectivity index is 1.77. The van der Waals surface area contributed by atoms with E-state index in [4.69, 9.17) is 4.74 Å². The topological polar surface area (TPSA) is 41.6 Å². The number of nitrogens with zero attached hydrogens (tertiary/aromatic N) is 1. The number of amides is 1. The molecule has 2 aliphatic heterocycles. The van der Waals surface area contributed by atoms with Crippen LogP contribution in [0.5, 0.6) is 0 Å². The van der Waals surface area contributed by atoms with Crippen LogP contribution < -0.4 is 5.32 Å². The highest BCUT2D eigenvalue weighted by atomic mass is 16.5. The maximum atomic E-state index is 12.0. The van der Waals surface area contributed by atoms with Gasteiger partial charge in [-0.3, -0.25) is 10.1 Å². The van der Waals surface area contributed by atoms with Gasteiger partial charge in [-0.2, -0.15) is 0 Å². The summed E-state index contributed by atoms with van der Waals surface area (Å²) in [5.74, 6) is 0.268. The van der Waals surface area contributed by atoms with Gasteiger partial charge in [0.15, 0.2) is 0 Å². The van der Waals surface area contributed by atoms with Gasteiger partial charge in [0.05, 0.1) is 18.8 Å². The van der Waals surface area contributed by atoms with E-state index >= 15 is 0 Å². The molecule has 0 aromatic carbocycles. The molecule has 2 saturated heterocycles. The van der Waals surface area contributed by atoms with Crippen molar-refractivity contribution in [2.75, 3.05) is 19.8 Å². The second-order valence-corrected chi connectivity index (χ2v) is 4.75. The molecule has 4 nitrogen and oxygen atoms in total. The fourth-order valence-corrected chi connectivity index (χ4v) is 2.43. The van der Waals surface area contributed by atoms with Crippen LogP contribution in [0.4, 0.5) is 0 Å². The van der Waals surface area contributed by atoms with Crippen LogP contribution in [0, 0.1) is 0 Å². The molecule has 0 aromatic heterocycles. The van der Waals surface area contributed by atoms with Crippen LogP contribution >= 0.6 is 0 Å². The molecular weight excluding hydrogens is 204 g/mol. The molecule has 1 N–H and O–H groups in total. The van der Waals surface area contributed by atoms with Crippen molar-refractivity contribution in [1.82, 2.24) is 10.2 Å². The number of rotatable bonds is 5. The minimum absolute atomic E-state index is 0.0568. The number of nitrogens with one attached hydrogen (secondary N) is 1. The number of hydrogen-bond acceptors (Lipinski definition) is 3. The van der Waals surface area contributed by atoms with Crippen LogP contribution in [-0.2, 0) is 9.53 Å². The molecule has 0 aliphatic carbocycles. The normalized spacial score (nSPS) is 30.3. The zero-order chi connectivity index (χ0) is 11.4. The molecular formula is C12H22N2O2. The first-order valence-electron chi connectivity index (χ1n) is 6.45. The van der Waals surface area contributed by atoms with Crippen molar-refractivity contribution in [3.8, 4) is 0 Å². The predicted octanol–water partition coefficient (Wildman–Crippen LogP) is 1.11. The van der Waals surface area contributed by atoms with E-state index in [0.29, 0.717) is 6.67 Å². The molecule has 0 radical (unpaired) electrons. The fourth-order valence-electron chi connectivity index (χ4n) is 2.43. The van der Waals surface area contributed by atoms with Gasteiger partial charge < -0.3 is 9.64 Å². The smallest absolute Gasteiger partial charge is 0.240 e. The molecule has 1 amide bonds. The molecule has 0 saturated carbocycles. The van der Waals surface area contributed by atoms with Gasteiger partial charge in [-0.05, 0) is 19.3 Å². The van der Waals surface area contributed by atoms with E-state index < -0.39 is 0 Å². The second kappa shape index (κ2) is 5.64. The highest BCUT2D eigenvalue weighted by Gasteiger charge is 2.32. The lowest BCUT2D eigenvalue weighted by Crippen LogP contribution is -2.35. The van der Waals surface area contributed by atoms with E-state index in [9.17, 15) is 4.79 Å². The summed E-state index contributed by atoms with van der Waals surface area (Å²) in [5.41, 5.74) is 0. The van der Waals surface area contributed by atoms with E-state index in [2.05, 4.69) is 12.2 Å². The predicted molar refractivity (Wildman–Crippen MR) is 62.0 cm³/mol. The zero-order valence-electron chi connectivity index (χ0n) is 10.1. The number of hydrogen-bond donors (Lipinski definition) is 1. The Kier molecular flexibility index (Phi) is 4.18. The molecule has 2 atom stereocenters. The molecule has 0 aromatic rings. The van der Waals surface area contributed by atoms with Crippen molar-refractivity contribution in [2.24, 2.45) is 0 Å². The molecule has 16 heavy (non-hydrogen) atoms. The van der Waals surface area contributed by atoms with Gasteiger partial charge in [0.2, 0.25) is 5.91 Å². The van der Waals surface area contributed by atoms with Gasteiger partial charge >= 0.3 is 0 Å². The quantitative estimate of drug-likeness (QED) is 0.763. The molecule has 92 valence electrons. The first-order valence-corrected chi connectivity index (χ1v) is 6.45. The summed E-state index contributed by atoms with van der Waals surface area (Å²) in [6.07, 6.45) is 5.75. The highest BCUT2D eigenvalue weighted by Crippen LogP contribution is 2.16. The van der Waals surface area contributed by atoms with Crippen LogP contribution in [0.1, 0.15) is 39.0 Å². The molecule has 0 bridgehead atoms. The SMILES string of the molecule is CCCCC1NCN(CC2CCCO2)C1=O. The molecule has 2 unspecified atom stereocenters. The summed E-state index contributed by atoms with van der Waals surface area (Å²) in [6, 6.07) is 0.0568. The van der Waals surface area contributed by atoms with Gasteiger partial charge in [0.1, 0.15) is 0 Å².